The fourth-order valence-corrected chi connectivity index (χ4v) is 2.38. The molecule has 1 aromatic heterocycles. The predicted molar refractivity (Wildman–Crippen MR) is 88.8 cm³/mol. The van der Waals surface area contributed by atoms with Crippen molar-refractivity contribution in [3.8, 4) is 0 Å². The highest BCUT2D eigenvalue weighted by atomic mass is 16.7. The summed E-state index contributed by atoms with van der Waals surface area (Å²) in [7, 11) is 0. The van der Waals surface area contributed by atoms with Gasteiger partial charge in [0, 0.05) is 19.7 Å². The highest BCUT2D eigenvalue weighted by molar-refractivity contribution is 5.65. The molecule has 1 N–H and O–H groups in total. The number of ether oxygens (including phenoxy) is 3. The molecule has 0 amide bonds. The van der Waals surface area contributed by atoms with Crippen LogP contribution >= 0.6 is 0 Å². The number of esters is 1. The highest BCUT2D eigenvalue weighted by Crippen LogP contribution is 2.20. The molecule has 0 saturated carbocycles. The zero-order valence-corrected chi connectivity index (χ0v) is 13.8. The summed E-state index contributed by atoms with van der Waals surface area (Å²) in [4.78, 5) is 27.0. The molecule has 0 bridgehead atoms. The molecule has 2 atom stereocenters. The van der Waals surface area contributed by atoms with Gasteiger partial charge in [0.15, 0.2) is 12.5 Å². The quantitative estimate of drug-likeness (QED) is 0.789. The molecule has 0 spiro atoms. The van der Waals surface area contributed by atoms with E-state index in [9.17, 15) is 9.59 Å². The summed E-state index contributed by atoms with van der Waals surface area (Å²) in [6.07, 6.45) is 0.325. The van der Waals surface area contributed by atoms with Crippen molar-refractivity contribution in [2.75, 3.05) is 18.5 Å². The summed E-state index contributed by atoms with van der Waals surface area (Å²) in [5, 5.41) is 3.11. The lowest BCUT2D eigenvalue weighted by atomic mass is 10.2. The van der Waals surface area contributed by atoms with Crippen LogP contribution in [0.25, 0.3) is 0 Å². The number of nitrogens with one attached hydrogen (secondary N) is 1. The molecular formula is C17H19N3O5. The number of aromatic nitrogens is 2. The monoisotopic (exact) mass is 345 g/mol. The average Bonchev–Trinajstić information content (AvgIpc) is 3.08. The molecule has 1 saturated heterocycles. The molecule has 132 valence electrons. The van der Waals surface area contributed by atoms with E-state index in [1.165, 1.54) is 11.5 Å². The van der Waals surface area contributed by atoms with Gasteiger partial charge in [-0.3, -0.25) is 9.36 Å². The molecular weight excluding hydrogens is 326 g/mol. The van der Waals surface area contributed by atoms with Crippen LogP contribution in [-0.2, 0) is 25.5 Å². The van der Waals surface area contributed by atoms with Crippen LogP contribution in [0.1, 0.15) is 18.7 Å². The summed E-state index contributed by atoms with van der Waals surface area (Å²) >= 11 is 0. The van der Waals surface area contributed by atoms with E-state index in [2.05, 4.69) is 10.3 Å². The second kappa shape index (κ2) is 7.91. The Morgan fingerprint density at radius 1 is 1.36 bits per heavy atom. The van der Waals surface area contributed by atoms with Crippen molar-refractivity contribution in [1.29, 1.82) is 0 Å². The third-order valence-corrected chi connectivity index (χ3v) is 3.61. The zero-order chi connectivity index (χ0) is 17.6. The number of rotatable bonds is 6. The third kappa shape index (κ3) is 4.65. The van der Waals surface area contributed by atoms with E-state index in [0.717, 1.165) is 5.56 Å². The molecule has 25 heavy (non-hydrogen) atoms. The Bertz CT molecular complexity index is 777. The fourth-order valence-electron chi connectivity index (χ4n) is 2.38. The minimum Gasteiger partial charge on any atom is -0.460 e. The first-order valence-electron chi connectivity index (χ1n) is 7.89. The summed E-state index contributed by atoms with van der Waals surface area (Å²) in [5.41, 5.74) is 0.647. The van der Waals surface area contributed by atoms with Gasteiger partial charge in [0.2, 0.25) is 0 Å². The normalized spacial score (nSPS) is 19.6. The van der Waals surface area contributed by atoms with Gasteiger partial charge in [0.1, 0.15) is 12.4 Å². The van der Waals surface area contributed by atoms with Gasteiger partial charge in [-0.25, -0.2) is 4.79 Å². The van der Waals surface area contributed by atoms with E-state index in [1.54, 1.807) is 12.3 Å². The summed E-state index contributed by atoms with van der Waals surface area (Å²) < 4.78 is 17.1. The van der Waals surface area contributed by atoms with Crippen LogP contribution in [-0.4, -0.2) is 35.0 Å². The van der Waals surface area contributed by atoms with E-state index in [4.69, 9.17) is 14.2 Å². The Hall–Kier alpha value is -2.71. The second-order valence-corrected chi connectivity index (χ2v) is 5.50. The molecule has 8 heteroatoms. The Kier molecular flexibility index (Phi) is 5.42. The number of hydrogen-bond donors (Lipinski definition) is 1. The van der Waals surface area contributed by atoms with E-state index in [1.807, 2.05) is 30.3 Å². The molecule has 1 fully saturated rings. The SMILES string of the molecule is CC(=O)OC[C@H]1OC[C@@H](n2ccc(NCc3ccccc3)nc2=O)O1. The maximum absolute atomic E-state index is 12.2. The molecule has 0 radical (unpaired) electrons. The van der Waals surface area contributed by atoms with Crippen molar-refractivity contribution in [3.63, 3.8) is 0 Å². The van der Waals surface area contributed by atoms with Gasteiger partial charge >= 0.3 is 11.7 Å². The van der Waals surface area contributed by atoms with Crippen molar-refractivity contribution >= 4 is 11.8 Å². The lowest BCUT2D eigenvalue weighted by molar-refractivity contribution is -0.156. The number of carbonyl (C=O) groups is 1. The molecule has 1 aliphatic heterocycles. The van der Waals surface area contributed by atoms with Crippen molar-refractivity contribution in [1.82, 2.24) is 9.55 Å². The van der Waals surface area contributed by atoms with Crippen LogP contribution in [0.15, 0.2) is 47.4 Å². The Labute approximate surface area is 144 Å². The largest absolute Gasteiger partial charge is 0.460 e. The maximum Gasteiger partial charge on any atom is 0.351 e. The summed E-state index contributed by atoms with van der Waals surface area (Å²) in [5.74, 6) is 0.0730. The van der Waals surface area contributed by atoms with Crippen LogP contribution in [0.2, 0.25) is 0 Å². The average molecular weight is 345 g/mol. The first-order valence-corrected chi connectivity index (χ1v) is 7.89. The van der Waals surface area contributed by atoms with Crippen molar-refractivity contribution < 1.29 is 19.0 Å². The first-order chi connectivity index (χ1) is 12.1. The number of carbonyl (C=O) groups excluding carboxylic acids is 1. The van der Waals surface area contributed by atoms with Crippen LogP contribution in [0.5, 0.6) is 0 Å². The van der Waals surface area contributed by atoms with E-state index < -0.39 is 24.2 Å². The predicted octanol–water partition coefficient (Wildman–Crippen LogP) is 1.29. The number of nitrogens with zero attached hydrogens (tertiary/aromatic N) is 2. The topological polar surface area (TPSA) is 91.7 Å². The smallest absolute Gasteiger partial charge is 0.351 e. The van der Waals surface area contributed by atoms with E-state index in [-0.39, 0.29) is 13.2 Å². The molecule has 0 unspecified atom stereocenters. The van der Waals surface area contributed by atoms with Gasteiger partial charge in [0.05, 0.1) is 6.61 Å². The van der Waals surface area contributed by atoms with Gasteiger partial charge in [-0.05, 0) is 11.6 Å². The van der Waals surface area contributed by atoms with Crippen LogP contribution in [0.3, 0.4) is 0 Å². The van der Waals surface area contributed by atoms with Gasteiger partial charge in [-0.1, -0.05) is 30.3 Å². The van der Waals surface area contributed by atoms with Gasteiger partial charge in [0.25, 0.3) is 0 Å². The minimum absolute atomic E-state index is 0.00920. The van der Waals surface area contributed by atoms with Crippen LogP contribution in [0, 0.1) is 0 Å². The van der Waals surface area contributed by atoms with Crippen molar-refractivity contribution in [2.24, 2.45) is 0 Å². The lowest BCUT2D eigenvalue weighted by Gasteiger charge is -2.14. The number of anilines is 1. The molecule has 1 aromatic carbocycles. The molecule has 2 heterocycles. The number of hydrogen-bond acceptors (Lipinski definition) is 7. The first kappa shape index (κ1) is 17.1. The Balaban J connectivity index is 1.59. The van der Waals surface area contributed by atoms with Crippen molar-refractivity contribution in [3.05, 3.63) is 58.6 Å². The van der Waals surface area contributed by atoms with E-state index >= 15 is 0 Å². The second-order valence-electron chi connectivity index (χ2n) is 5.50. The van der Waals surface area contributed by atoms with Crippen molar-refractivity contribution in [2.45, 2.75) is 26.0 Å². The van der Waals surface area contributed by atoms with E-state index in [0.29, 0.717) is 12.4 Å². The summed E-state index contributed by atoms with van der Waals surface area (Å²) in [6.45, 7) is 2.06. The van der Waals surface area contributed by atoms with Gasteiger partial charge in [-0.2, -0.15) is 4.98 Å². The maximum atomic E-state index is 12.2. The Morgan fingerprint density at radius 3 is 2.88 bits per heavy atom. The zero-order valence-electron chi connectivity index (χ0n) is 13.8. The molecule has 1 aliphatic rings. The highest BCUT2D eigenvalue weighted by Gasteiger charge is 2.28. The molecule has 0 aliphatic carbocycles. The van der Waals surface area contributed by atoms with Crippen LogP contribution in [0.4, 0.5) is 5.82 Å². The minimum atomic E-state index is -0.684. The van der Waals surface area contributed by atoms with Gasteiger partial charge < -0.3 is 19.5 Å². The van der Waals surface area contributed by atoms with Gasteiger partial charge in [-0.15, -0.1) is 0 Å². The standard InChI is InChI=1S/C17H19N3O5/c1-12(21)23-11-16-24-10-15(25-16)20-8-7-14(19-17(20)22)18-9-13-5-3-2-4-6-13/h2-8,15-16H,9-11H2,1H3,(H,18,19,22)/t15-,16-/m0/s1. The third-order valence-electron chi connectivity index (χ3n) is 3.61. The number of benzene rings is 1. The lowest BCUT2D eigenvalue weighted by Crippen LogP contribution is -2.29. The Morgan fingerprint density at radius 2 is 2.16 bits per heavy atom. The summed E-state index contributed by atoms with van der Waals surface area (Å²) in [6, 6.07) is 11.5. The van der Waals surface area contributed by atoms with Crippen LogP contribution < -0.4 is 11.0 Å². The molecule has 8 nitrogen and oxygen atoms in total. The molecule has 2 aromatic rings. The fraction of sp³-hybridized carbons (Fsp3) is 0.353. The molecule has 3 rings (SSSR count).